The van der Waals surface area contributed by atoms with Crippen LogP contribution in [-0.2, 0) is 5.41 Å². The van der Waals surface area contributed by atoms with Crippen LogP contribution in [0.3, 0.4) is 0 Å². The molecule has 2 aromatic carbocycles. The number of aromatic nitrogens is 4. The van der Waals surface area contributed by atoms with Gasteiger partial charge in [0.15, 0.2) is 0 Å². The summed E-state index contributed by atoms with van der Waals surface area (Å²) < 4.78 is 28.3. The van der Waals surface area contributed by atoms with Crippen molar-refractivity contribution in [2.24, 2.45) is 0 Å². The third-order valence-corrected chi connectivity index (χ3v) is 5.32. The number of aromatic amines is 1. The number of rotatable bonds is 4. The zero-order valence-electron chi connectivity index (χ0n) is 19.1. The lowest BCUT2D eigenvalue weighted by atomic mass is 9.96. The summed E-state index contributed by atoms with van der Waals surface area (Å²) in [5.74, 6) is -0.403. The van der Waals surface area contributed by atoms with E-state index in [1.54, 1.807) is 6.07 Å². The van der Waals surface area contributed by atoms with Gasteiger partial charge >= 0.3 is 6.03 Å². The van der Waals surface area contributed by atoms with Gasteiger partial charge in [-0.2, -0.15) is 0 Å². The van der Waals surface area contributed by atoms with Crippen molar-refractivity contribution in [3.8, 4) is 22.6 Å². The second-order valence-corrected chi connectivity index (χ2v) is 9.16. The van der Waals surface area contributed by atoms with Gasteiger partial charge in [0.05, 0.1) is 22.1 Å². The predicted octanol–water partition coefficient (Wildman–Crippen LogP) is 5.99. The molecule has 0 saturated heterocycles. The van der Waals surface area contributed by atoms with Gasteiger partial charge in [0.2, 0.25) is 5.95 Å². The molecule has 0 radical (unpaired) electrons. The Bertz CT molecular complexity index is 1420. The van der Waals surface area contributed by atoms with Crippen LogP contribution in [0.2, 0.25) is 5.02 Å². The molecule has 0 unspecified atom stereocenters. The number of nitrogen functional groups attached to an aromatic ring is 1. The minimum absolute atomic E-state index is 0.0416. The van der Waals surface area contributed by atoms with Crippen LogP contribution in [0.1, 0.15) is 26.6 Å². The summed E-state index contributed by atoms with van der Waals surface area (Å²) in [5.41, 5.74) is 7.25. The van der Waals surface area contributed by atoms with E-state index in [2.05, 4.69) is 30.6 Å². The zero-order chi connectivity index (χ0) is 25.3. The summed E-state index contributed by atoms with van der Waals surface area (Å²) in [7, 11) is 0. The van der Waals surface area contributed by atoms with Crippen LogP contribution in [0.25, 0.3) is 22.6 Å². The number of nitrogens with one attached hydrogen (secondary N) is 3. The Hall–Kier alpha value is -4.05. The molecule has 2 aromatic heterocycles. The number of imidazole rings is 1. The highest BCUT2D eigenvalue weighted by molar-refractivity contribution is 6.33. The number of hydrogen-bond acceptors (Lipinski definition) is 5. The van der Waals surface area contributed by atoms with E-state index in [-0.39, 0.29) is 27.6 Å². The van der Waals surface area contributed by atoms with Crippen LogP contribution in [0.4, 0.5) is 30.9 Å². The van der Waals surface area contributed by atoms with Gasteiger partial charge in [-0.25, -0.2) is 28.5 Å². The Labute approximate surface area is 205 Å². The molecule has 0 fully saturated rings. The van der Waals surface area contributed by atoms with E-state index in [0.29, 0.717) is 28.6 Å². The minimum atomic E-state index is -0.641. The zero-order valence-corrected chi connectivity index (χ0v) is 19.8. The average molecular weight is 498 g/mol. The highest BCUT2D eigenvalue weighted by Gasteiger charge is 2.25. The monoisotopic (exact) mass is 497 g/mol. The van der Waals surface area contributed by atoms with E-state index < -0.39 is 17.7 Å². The van der Waals surface area contributed by atoms with E-state index >= 15 is 4.39 Å². The molecule has 5 N–H and O–H groups in total. The van der Waals surface area contributed by atoms with Crippen LogP contribution >= 0.6 is 11.6 Å². The van der Waals surface area contributed by atoms with Crippen molar-refractivity contribution < 1.29 is 13.6 Å². The second kappa shape index (κ2) is 9.30. The fourth-order valence-electron chi connectivity index (χ4n) is 3.28. The maximum atomic E-state index is 15.0. The minimum Gasteiger partial charge on any atom is -0.368 e. The van der Waals surface area contributed by atoms with Gasteiger partial charge in [-0.3, -0.25) is 0 Å². The predicted molar refractivity (Wildman–Crippen MR) is 132 cm³/mol. The molecule has 2 heterocycles. The van der Waals surface area contributed by atoms with Crippen molar-refractivity contribution in [3.05, 3.63) is 71.1 Å². The quantitative estimate of drug-likeness (QED) is 0.276. The average Bonchev–Trinajstić information content (AvgIpc) is 3.23. The standard InChI is InChI=1S/C24H22ClF2N7O/c1-24(2,3)21-33-19(20(34-21)18-8-9-29-22(28)31-18)14-11-13(5-6-16(14)27)30-23(35)32-17-7-4-12(26)10-15(17)25/h4-11H,1-3H3,(H,33,34)(H2,28,29,31)(H2,30,32,35). The Kier molecular flexibility index (Phi) is 6.40. The highest BCUT2D eigenvalue weighted by atomic mass is 35.5. The normalized spacial score (nSPS) is 11.4. The molecule has 0 bridgehead atoms. The lowest BCUT2D eigenvalue weighted by Crippen LogP contribution is -2.19. The molecular weight excluding hydrogens is 476 g/mol. The molecule has 35 heavy (non-hydrogen) atoms. The maximum Gasteiger partial charge on any atom is 0.323 e. The van der Waals surface area contributed by atoms with Gasteiger partial charge < -0.3 is 21.4 Å². The first kappa shape index (κ1) is 24.1. The molecule has 8 nitrogen and oxygen atoms in total. The van der Waals surface area contributed by atoms with Gasteiger partial charge in [0.25, 0.3) is 0 Å². The Balaban J connectivity index is 1.70. The van der Waals surface area contributed by atoms with Gasteiger partial charge in [-0.1, -0.05) is 32.4 Å². The number of carbonyl (C=O) groups excluding carboxylic acids is 1. The molecule has 2 amide bonds. The molecule has 0 saturated carbocycles. The van der Waals surface area contributed by atoms with Gasteiger partial charge in [0, 0.05) is 22.9 Å². The maximum absolute atomic E-state index is 15.0. The fraction of sp³-hybridized carbons (Fsp3) is 0.167. The van der Waals surface area contributed by atoms with Crippen LogP contribution in [0.15, 0.2) is 48.7 Å². The van der Waals surface area contributed by atoms with E-state index in [4.69, 9.17) is 17.3 Å². The molecule has 0 aliphatic carbocycles. The summed E-state index contributed by atoms with van der Waals surface area (Å²) in [4.78, 5) is 28.5. The van der Waals surface area contributed by atoms with Crippen molar-refractivity contribution in [1.82, 2.24) is 19.9 Å². The third kappa shape index (κ3) is 5.38. The summed E-state index contributed by atoms with van der Waals surface area (Å²) >= 11 is 5.97. The molecule has 0 aliphatic heterocycles. The number of nitrogens with two attached hydrogens (primary N) is 1. The number of halogens is 3. The van der Waals surface area contributed by atoms with Crippen LogP contribution in [0, 0.1) is 11.6 Å². The lowest BCUT2D eigenvalue weighted by Gasteiger charge is -2.14. The first-order chi connectivity index (χ1) is 16.5. The van der Waals surface area contributed by atoms with E-state index in [9.17, 15) is 9.18 Å². The molecular formula is C24H22ClF2N7O. The molecule has 180 valence electrons. The topological polar surface area (TPSA) is 122 Å². The number of carbonyl (C=O) groups is 1. The first-order valence-electron chi connectivity index (χ1n) is 10.5. The van der Waals surface area contributed by atoms with Crippen molar-refractivity contribution in [2.45, 2.75) is 26.2 Å². The van der Waals surface area contributed by atoms with Gasteiger partial charge in [-0.15, -0.1) is 0 Å². The van der Waals surface area contributed by atoms with Crippen molar-refractivity contribution in [2.75, 3.05) is 16.4 Å². The fourth-order valence-corrected chi connectivity index (χ4v) is 3.50. The molecule has 11 heteroatoms. The van der Waals surface area contributed by atoms with Gasteiger partial charge in [0.1, 0.15) is 23.2 Å². The van der Waals surface area contributed by atoms with Crippen molar-refractivity contribution >= 4 is 35.0 Å². The first-order valence-corrected chi connectivity index (χ1v) is 10.9. The smallest absolute Gasteiger partial charge is 0.323 e. The van der Waals surface area contributed by atoms with Crippen LogP contribution in [0.5, 0.6) is 0 Å². The summed E-state index contributed by atoms with van der Waals surface area (Å²) in [6.45, 7) is 5.90. The number of amides is 2. The van der Waals surface area contributed by atoms with E-state index in [0.717, 1.165) is 6.07 Å². The SMILES string of the molecule is CC(C)(C)c1nc(-c2cc(NC(=O)Nc3ccc(F)cc3Cl)ccc2F)c(-c2ccnc(N)n2)[nH]1. The van der Waals surface area contributed by atoms with Crippen molar-refractivity contribution in [3.63, 3.8) is 0 Å². The number of nitrogens with zero attached hydrogens (tertiary/aromatic N) is 3. The summed E-state index contributed by atoms with van der Waals surface area (Å²) in [6.07, 6.45) is 1.50. The van der Waals surface area contributed by atoms with Crippen LogP contribution < -0.4 is 16.4 Å². The Morgan fingerprint density at radius 2 is 1.83 bits per heavy atom. The number of urea groups is 1. The third-order valence-electron chi connectivity index (χ3n) is 5.00. The number of benzene rings is 2. The highest BCUT2D eigenvalue weighted by Crippen LogP contribution is 2.35. The Morgan fingerprint density at radius 1 is 1.06 bits per heavy atom. The lowest BCUT2D eigenvalue weighted by molar-refractivity contribution is 0.262. The van der Waals surface area contributed by atoms with Gasteiger partial charge in [-0.05, 0) is 42.5 Å². The number of hydrogen-bond donors (Lipinski definition) is 4. The van der Waals surface area contributed by atoms with Crippen LogP contribution in [-0.4, -0.2) is 26.0 Å². The van der Waals surface area contributed by atoms with E-state index in [1.807, 2.05) is 20.8 Å². The number of anilines is 3. The molecule has 4 rings (SSSR count). The van der Waals surface area contributed by atoms with Crippen molar-refractivity contribution in [1.29, 1.82) is 0 Å². The Morgan fingerprint density at radius 3 is 2.51 bits per heavy atom. The molecule has 0 spiro atoms. The number of H-pyrrole nitrogens is 1. The summed E-state index contributed by atoms with van der Waals surface area (Å²) in [6, 6.07) is 8.67. The molecule has 0 atom stereocenters. The molecule has 4 aromatic rings. The molecule has 0 aliphatic rings. The second-order valence-electron chi connectivity index (χ2n) is 8.76. The summed E-state index contributed by atoms with van der Waals surface area (Å²) in [5, 5.41) is 5.20. The largest absolute Gasteiger partial charge is 0.368 e. The van der Waals surface area contributed by atoms with E-state index in [1.165, 1.54) is 36.5 Å².